The molecule has 0 fully saturated rings. The molecule has 0 spiro atoms. The van der Waals surface area contributed by atoms with Gasteiger partial charge in [-0.05, 0) is 6.92 Å². The first-order valence-corrected chi connectivity index (χ1v) is 4.19. The normalized spacial score (nSPS) is 10.5. The van der Waals surface area contributed by atoms with Gasteiger partial charge in [0.05, 0.1) is 6.54 Å². The van der Waals surface area contributed by atoms with Crippen LogP contribution in [0, 0.1) is 6.92 Å². The SMILES string of the molecule is Cc1cc(CNC(=O)C=CC(=O)O)no1. The van der Waals surface area contributed by atoms with Crippen LogP contribution in [0.25, 0.3) is 0 Å². The molecular weight excluding hydrogens is 200 g/mol. The molecule has 0 bridgehead atoms. The van der Waals surface area contributed by atoms with Gasteiger partial charge < -0.3 is 14.9 Å². The minimum Gasteiger partial charge on any atom is -0.478 e. The highest BCUT2D eigenvalue weighted by Crippen LogP contribution is 2.00. The van der Waals surface area contributed by atoms with Crippen LogP contribution in [0.2, 0.25) is 0 Å². The van der Waals surface area contributed by atoms with Crippen LogP contribution in [0.4, 0.5) is 0 Å². The first-order chi connectivity index (χ1) is 7.08. The zero-order valence-electron chi connectivity index (χ0n) is 8.06. The largest absolute Gasteiger partial charge is 0.478 e. The summed E-state index contributed by atoms with van der Waals surface area (Å²) in [6.07, 6.45) is 1.71. The van der Waals surface area contributed by atoms with Crippen molar-refractivity contribution in [2.45, 2.75) is 13.5 Å². The van der Waals surface area contributed by atoms with Gasteiger partial charge in [0.2, 0.25) is 5.91 Å². The summed E-state index contributed by atoms with van der Waals surface area (Å²) in [5.41, 5.74) is 0.588. The van der Waals surface area contributed by atoms with Gasteiger partial charge >= 0.3 is 5.97 Å². The number of aryl methyl sites for hydroxylation is 1. The molecule has 1 aromatic rings. The molecule has 1 aromatic heterocycles. The molecule has 1 heterocycles. The molecule has 6 nitrogen and oxygen atoms in total. The van der Waals surface area contributed by atoms with Gasteiger partial charge in [-0.15, -0.1) is 0 Å². The number of carboxylic acids is 1. The van der Waals surface area contributed by atoms with Crippen molar-refractivity contribution in [2.75, 3.05) is 0 Å². The van der Waals surface area contributed by atoms with E-state index in [1.165, 1.54) is 0 Å². The number of aromatic nitrogens is 1. The quantitative estimate of drug-likeness (QED) is 0.694. The summed E-state index contributed by atoms with van der Waals surface area (Å²) < 4.78 is 4.78. The average molecular weight is 210 g/mol. The third kappa shape index (κ3) is 4.08. The molecule has 0 unspecified atom stereocenters. The zero-order chi connectivity index (χ0) is 11.3. The van der Waals surface area contributed by atoms with E-state index in [4.69, 9.17) is 9.63 Å². The van der Waals surface area contributed by atoms with E-state index in [1.54, 1.807) is 13.0 Å². The first-order valence-electron chi connectivity index (χ1n) is 4.19. The maximum Gasteiger partial charge on any atom is 0.328 e. The molecule has 0 saturated heterocycles. The van der Waals surface area contributed by atoms with Gasteiger partial charge in [-0.25, -0.2) is 4.79 Å². The number of carboxylic acid groups (broad SMARTS) is 1. The molecule has 0 aliphatic heterocycles. The molecule has 0 saturated carbocycles. The van der Waals surface area contributed by atoms with Crippen LogP contribution in [0.1, 0.15) is 11.5 Å². The van der Waals surface area contributed by atoms with Crippen molar-refractivity contribution in [3.8, 4) is 0 Å². The van der Waals surface area contributed by atoms with Crippen molar-refractivity contribution in [2.24, 2.45) is 0 Å². The molecule has 0 atom stereocenters. The van der Waals surface area contributed by atoms with Crippen molar-refractivity contribution in [3.05, 3.63) is 29.7 Å². The lowest BCUT2D eigenvalue weighted by Crippen LogP contribution is -2.20. The van der Waals surface area contributed by atoms with Crippen LogP contribution < -0.4 is 5.32 Å². The second-order valence-electron chi connectivity index (χ2n) is 2.82. The molecule has 1 amide bonds. The third-order valence-corrected chi connectivity index (χ3v) is 1.50. The van der Waals surface area contributed by atoms with Crippen LogP contribution >= 0.6 is 0 Å². The van der Waals surface area contributed by atoms with Crippen LogP contribution in [0.5, 0.6) is 0 Å². The summed E-state index contributed by atoms with van der Waals surface area (Å²) in [5, 5.41) is 14.4. The predicted octanol–water partition coefficient (Wildman–Crippen LogP) is 0.240. The van der Waals surface area contributed by atoms with Crippen LogP contribution in [0.15, 0.2) is 22.7 Å². The third-order valence-electron chi connectivity index (χ3n) is 1.50. The van der Waals surface area contributed by atoms with Crippen LogP contribution in [-0.2, 0) is 16.1 Å². The standard InChI is InChI=1S/C9H10N2O4/c1-6-4-7(11-15-6)5-10-8(12)2-3-9(13)14/h2-4H,5H2,1H3,(H,10,12)(H,13,14). The first kappa shape index (κ1) is 11.0. The van der Waals surface area contributed by atoms with E-state index in [9.17, 15) is 9.59 Å². The van der Waals surface area contributed by atoms with E-state index in [0.717, 1.165) is 12.2 Å². The van der Waals surface area contributed by atoms with E-state index in [1.807, 2.05) is 0 Å². The molecule has 0 aliphatic rings. The van der Waals surface area contributed by atoms with E-state index in [-0.39, 0.29) is 6.54 Å². The van der Waals surface area contributed by atoms with Crippen molar-refractivity contribution in [3.63, 3.8) is 0 Å². The summed E-state index contributed by atoms with van der Waals surface area (Å²) in [7, 11) is 0. The second kappa shape index (κ2) is 4.94. The fourth-order valence-corrected chi connectivity index (χ4v) is 0.885. The van der Waals surface area contributed by atoms with Crippen LogP contribution in [-0.4, -0.2) is 22.1 Å². The Balaban J connectivity index is 2.37. The molecule has 15 heavy (non-hydrogen) atoms. The monoisotopic (exact) mass is 210 g/mol. The number of rotatable bonds is 4. The zero-order valence-corrected chi connectivity index (χ0v) is 8.06. The minimum absolute atomic E-state index is 0.208. The van der Waals surface area contributed by atoms with Crippen molar-refractivity contribution >= 4 is 11.9 Å². The molecule has 2 N–H and O–H groups in total. The Morgan fingerprint density at radius 2 is 2.33 bits per heavy atom. The number of nitrogens with zero attached hydrogens (tertiary/aromatic N) is 1. The Labute approximate surface area is 85.6 Å². The lowest BCUT2D eigenvalue weighted by molar-refractivity contribution is -0.131. The van der Waals surface area contributed by atoms with E-state index in [0.29, 0.717) is 11.5 Å². The van der Waals surface area contributed by atoms with Gasteiger partial charge in [0.25, 0.3) is 0 Å². The summed E-state index contributed by atoms with van der Waals surface area (Å²) >= 11 is 0. The molecule has 1 rings (SSSR count). The maximum atomic E-state index is 11.0. The Morgan fingerprint density at radius 3 is 2.87 bits per heavy atom. The van der Waals surface area contributed by atoms with Crippen molar-refractivity contribution < 1.29 is 19.2 Å². The average Bonchev–Trinajstić information content (AvgIpc) is 2.58. The Kier molecular flexibility index (Phi) is 3.61. The number of carbonyl (C=O) groups excluding carboxylic acids is 1. The van der Waals surface area contributed by atoms with Crippen molar-refractivity contribution in [1.82, 2.24) is 10.5 Å². The highest BCUT2D eigenvalue weighted by molar-refractivity contribution is 5.93. The lowest BCUT2D eigenvalue weighted by atomic mass is 10.3. The number of amides is 1. The van der Waals surface area contributed by atoms with Gasteiger partial charge in [-0.2, -0.15) is 0 Å². The number of carbonyl (C=O) groups is 2. The van der Waals surface area contributed by atoms with Gasteiger partial charge in [0.1, 0.15) is 11.5 Å². The second-order valence-corrected chi connectivity index (χ2v) is 2.82. The fourth-order valence-electron chi connectivity index (χ4n) is 0.885. The predicted molar refractivity (Wildman–Crippen MR) is 49.9 cm³/mol. The van der Waals surface area contributed by atoms with Crippen molar-refractivity contribution in [1.29, 1.82) is 0 Å². The summed E-state index contributed by atoms with van der Waals surface area (Å²) in [5.74, 6) is -0.999. The Hall–Kier alpha value is -2.11. The summed E-state index contributed by atoms with van der Waals surface area (Å²) in [6, 6.07) is 1.68. The van der Waals surface area contributed by atoms with E-state index >= 15 is 0 Å². The molecule has 0 radical (unpaired) electrons. The lowest BCUT2D eigenvalue weighted by Gasteiger charge is -1.96. The summed E-state index contributed by atoms with van der Waals surface area (Å²) in [4.78, 5) is 21.1. The van der Waals surface area contributed by atoms with Gasteiger partial charge in [-0.3, -0.25) is 4.79 Å². The highest BCUT2D eigenvalue weighted by Gasteiger charge is 2.01. The fraction of sp³-hybridized carbons (Fsp3) is 0.222. The number of nitrogens with one attached hydrogen (secondary N) is 1. The molecule has 6 heteroatoms. The minimum atomic E-state index is -1.16. The van der Waals surface area contributed by atoms with E-state index < -0.39 is 11.9 Å². The molecule has 0 aliphatic carbocycles. The Bertz CT molecular complexity index is 395. The van der Waals surface area contributed by atoms with E-state index in [2.05, 4.69) is 10.5 Å². The van der Waals surface area contributed by atoms with Crippen LogP contribution in [0.3, 0.4) is 0 Å². The maximum absolute atomic E-state index is 11.0. The number of aliphatic carboxylic acids is 1. The molecular formula is C9H10N2O4. The van der Waals surface area contributed by atoms with Gasteiger partial charge in [0, 0.05) is 18.2 Å². The highest BCUT2D eigenvalue weighted by atomic mass is 16.5. The molecule has 80 valence electrons. The topological polar surface area (TPSA) is 92.4 Å². The Morgan fingerprint density at radius 1 is 1.60 bits per heavy atom. The summed E-state index contributed by atoms with van der Waals surface area (Å²) in [6.45, 7) is 1.95. The van der Waals surface area contributed by atoms with Gasteiger partial charge in [-0.1, -0.05) is 5.16 Å². The smallest absolute Gasteiger partial charge is 0.328 e. The number of hydrogen-bond acceptors (Lipinski definition) is 4. The molecule has 0 aromatic carbocycles. The number of hydrogen-bond donors (Lipinski definition) is 2. The van der Waals surface area contributed by atoms with Gasteiger partial charge in [0.15, 0.2) is 0 Å².